The average Bonchev–Trinajstić information content (AvgIpc) is 2.72. The molecule has 0 saturated carbocycles. The molecular formula is C23H30N4O2. The summed E-state index contributed by atoms with van der Waals surface area (Å²) in [5, 5.41) is 5.87. The molecular weight excluding hydrogens is 364 g/mol. The number of carbonyl (C=O) groups is 2. The van der Waals surface area contributed by atoms with E-state index in [1.165, 1.54) is 6.42 Å². The number of aryl methyl sites for hydroxylation is 1. The van der Waals surface area contributed by atoms with Gasteiger partial charge in [0.1, 0.15) is 0 Å². The minimum absolute atomic E-state index is 0.0235. The Morgan fingerprint density at radius 3 is 2.45 bits per heavy atom. The fourth-order valence-corrected chi connectivity index (χ4v) is 3.57. The van der Waals surface area contributed by atoms with Crippen LogP contribution in [0.4, 0.5) is 11.4 Å². The van der Waals surface area contributed by atoms with Crippen LogP contribution in [0.2, 0.25) is 0 Å². The van der Waals surface area contributed by atoms with Gasteiger partial charge < -0.3 is 16.4 Å². The summed E-state index contributed by atoms with van der Waals surface area (Å²) in [6.45, 7) is 4.30. The Kier molecular flexibility index (Phi) is 7.38. The predicted molar refractivity (Wildman–Crippen MR) is 117 cm³/mol. The number of piperidine rings is 1. The fraction of sp³-hybridized carbons (Fsp3) is 0.391. The lowest BCUT2D eigenvalue weighted by Gasteiger charge is -2.25. The molecule has 0 spiro atoms. The van der Waals surface area contributed by atoms with E-state index in [4.69, 9.17) is 5.73 Å². The zero-order valence-electron chi connectivity index (χ0n) is 17.0. The van der Waals surface area contributed by atoms with Crippen LogP contribution in [0.1, 0.15) is 42.9 Å². The molecule has 0 bridgehead atoms. The molecule has 154 valence electrons. The van der Waals surface area contributed by atoms with Crippen LogP contribution >= 0.6 is 0 Å². The van der Waals surface area contributed by atoms with E-state index in [0.717, 1.165) is 42.7 Å². The van der Waals surface area contributed by atoms with E-state index in [1.54, 1.807) is 6.07 Å². The molecule has 1 fully saturated rings. The first-order chi connectivity index (χ1) is 14.0. The van der Waals surface area contributed by atoms with Crippen LogP contribution in [0.3, 0.4) is 0 Å². The molecule has 29 heavy (non-hydrogen) atoms. The average molecular weight is 395 g/mol. The Balaban J connectivity index is 1.56. The number of rotatable bonds is 7. The van der Waals surface area contributed by atoms with Crippen molar-refractivity contribution in [2.75, 3.05) is 30.3 Å². The van der Waals surface area contributed by atoms with Gasteiger partial charge >= 0.3 is 0 Å². The monoisotopic (exact) mass is 394 g/mol. The van der Waals surface area contributed by atoms with Gasteiger partial charge in [0.05, 0.1) is 6.54 Å². The summed E-state index contributed by atoms with van der Waals surface area (Å²) >= 11 is 0. The lowest BCUT2D eigenvalue weighted by Crippen LogP contribution is -2.36. The fourth-order valence-electron chi connectivity index (χ4n) is 3.57. The molecule has 0 aliphatic carbocycles. The molecule has 1 atom stereocenters. The Labute approximate surface area is 172 Å². The molecule has 6 nitrogen and oxygen atoms in total. The van der Waals surface area contributed by atoms with Gasteiger partial charge in [0.2, 0.25) is 11.8 Å². The summed E-state index contributed by atoms with van der Waals surface area (Å²) in [6, 6.07) is 14.7. The van der Waals surface area contributed by atoms with Crippen LogP contribution in [0.25, 0.3) is 0 Å². The molecule has 2 amide bonds. The van der Waals surface area contributed by atoms with Crippen LogP contribution in [0, 0.1) is 6.92 Å². The van der Waals surface area contributed by atoms with Crippen molar-refractivity contribution in [2.45, 2.75) is 38.6 Å². The maximum absolute atomic E-state index is 12.4. The first-order valence-corrected chi connectivity index (χ1v) is 10.2. The molecule has 1 unspecified atom stereocenters. The van der Waals surface area contributed by atoms with Gasteiger partial charge in [-0.25, -0.2) is 0 Å². The molecule has 2 aromatic carbocycles. The van der Waals surface area contributed by atoms with Crippen molar-refractivity contribution in [3.63, 3.8) is 0 Å². The van der Waals surface area contributed by atoms with Crippen molar-refractivity contribution in [1.82, 2.24) is 4.90 Å². The van der Waals surface area contributed by atoms with E-state index in [1.807, 2.05) is 49.4 Å². The molecule has 6 heteroatoms. The number of anilines is 2. The number of hydrogen-bond acceptors (Lipinski definition) is 4. The summed E-state index contributed by atoms with van der Waals surface area (Å²) in [5.41, 5.74) is 9.39. The van der Waals surface area contributed by atoms with E-state index in [2.05, 4.69) is 15.5 Å². The second-order valence-electron chi connectivity index (χ2n) is 7.68. The Bertz CT molecular complexity index is 832. The zero-order chi connectivity index (χ0) is 20.6. The van der Waals surface area contributed by atoms with Gasteiger partial charge in [0.15, 0.2) is 0 Å². The Morgan fingerprint density at radius 2 is 1.72 bits per heavy atom. The number of nitrogens with two attached hydrogens (primary N) is 1. The van der Waals surface area contributed by atoms with E-state index < -0.39 is 0 Å². The number of nitrogens with zero attached hydrogens (tertiary/aromatic N) is 1. The number of likely N-dealkylation sites (tertiary alicyclic amines) is 1. The minimum Gasteiger partial charge on any atom is -0.326 e. The lowest BCUT2D eigenvalue weighted by atomic mass is 10.0. The predicted octanol–water partition coefficient (Wildman–Crippen LogP) is 3.45. The van der Waals surface area contributed by atoms with Crippen molar-refractivity contribution in [2.24, 2.45) is 5.73 Å². The largest absolute Gasteiger partial charge is 0.326 e. The Hall–Kier alpha value is -2.70. The van der Waals surface area contributed by atoms with Crippen LogP contribution in [0.5, 0.6) is 0 Å². The maximum atomic E-state index is 12.4. The van der Waals surface area contributed by atoms with Crippen molar-refractivity contribution < 1.29 is 9.59 Å². The highest BCUT2D eigenvalue weighted by molar-refractivity contribution is 5.95. The second kappa shape index (κ2) is 10.2. The molecule has 1 aliphatic rings. The number of nitrogens with one attached hydrogen (secondary N) is 2. The molecule has 3 rings (SSSR count). The summed E-state index contributed by atoms with van der Waals surface area (Å²) in [7, 11) is 0. The number of amides is 2. The van der Waals surface area contributed by atoms with Crippen molar-refractivity contribution in [3.05, 3.63) is 59.7 Å². The molecule has 1 heterocycles. The number of carbonyl (C=O) groups excluding carboxylic acids is 2. The highest BCUT2D eigenvalue weighted by Gasteiger charge is 2.15. The quantitative estimate of drug-likeness (QED) is 0.671. The molecule has 4 N–H and O–H groups in total. The van der Waals surface area contributed by atoms with Gasteiger partial charge in [0, 0.05) is 23.8 Å². The minimum atomic E-state index is -0.356. The zero-order valence-corrected chi connectivity index (χ0v) is 17.0. The van der Waals surface area contributed by atoms with E-state index >= 15 is 0 Å². The van der Waals surface area contributed by atoms with E-state index in [0.29, 0.717) is 12.2 Å². The SMILES string of the molecule is Cc1ccc(NC(=O)CC(N)c2ccccc2)cc1NC(=O)CN1CCCCC1. The molecule has 2 aromatic rings. The van der Waals surface area contributed by atoms with Gasteiger partial charge in [-0.3, -0.25) is 14.5 Å². The third kappa shape index (κ3) is 6.41. The van der Waals surface area contributed by atoms with Gasteiger partial charge in [-0.1, -0.05) is 42.8 Å². The summed E-state index contributed by atoms with van der Waals surface area (Å²) in [4.78, 5) is 27.0. The van der Waals surface area contributed by atoms with Crippen LogP contribution in [-0.2, 0) is 9.59 Å². The summed E-state index contributed by atoms with van der Waals surface area (Å²) < 4.78 is 0. The van der Waals surface area contributed by atoms with E-state index in [9.17, 15) is 9.59 Å². The molecule has 0 radical (unpaired) electrons. The number of benzene rings is 2. The van der Waals surface area contributed by atoms with Gasteiger partial charge in [0.25, 0.3) is 0 Å². The lowest BCUT2D eigenvalue weighted by molar-refractivity contribution is -0.118. The van der Waals surface area contributed by atoms with Crippen LogP contribution in [-0.4, -0.2) is 36.3 Å². The number of hydrogen-bond donors (Lipinski definition) is 3. The molecule has 1 saturated heterocycles. The first kappa shape index (κ1) is 21.0. The Morgan fingerprint density at radius 1 is 1.00 bits per heavy atom. The van der Waals surface area contributed by atoms with Crippen molar-refractivity contribution in [1.29, 1.82) is 0 Å². The van der Waals surface area contributed by atoms with E-state index in [-0.39, 0.29) is 24.3 Å². The third-order valence-electron chi connectivity index (χ3n) is 5.24. The summed E-state index contributed by atoms with van der Waals surface area (Å²) in [5.74, 6) is -0.180. The summed E-state index contributed by atoms with van der Waals surface area (Å²) in [6.07, 6.45) is 3.74. The van der Waals surface area contributed by atoms with Gasteiger partial charge in [-0.05, 0) is 56.1 Å². The van der Waals surface area contributed by atoms with Gasteiger partial charge in [-0.2, -0.15) is 0 Å². The van der Waals surface area contributed by atoms with Crippen molar-refractivity contribution >= 4 is 23.2 Å². The van der Waals surface area contributed by atoms with Crippen molar-refractivity contribution in [3.8, 4) is 0 Å². The molecule has 1 aliphatic heterocycles. The van der Waals surface area contributed by atoms with Gasteiger partial charge in [-0.15, -0.1) is 0 Å². The highest BCUT2D eigenvalue weighted by atomic mass is 16.2. The molecule has 0 aromatic heterocycles. The third-order valence-corrected chi connectivity index (χ3v) is 5.24. The maximum Gasteiger partial charge on any atom is 0.238 e. The second-order valence-corrected chi connectivity index (χ2v) is 7.68. The first-order valence-electron chi connectivity index (χ1n) is 10.2. The smallest absolute Gasteiger partial charge is 0.238 e. The topological polar surface area (TPSA) is 87.5 Å². The van der Waals surface area contributed by atoms with Crippen LogP contribution in [0.15, 0.2) is 48.5 Å². The highest BCUT2D eigenvalue weighted by Crippen LogP contribution is 2.22. The standard InChI is InChI=1S/C23H30N4O2/c1-17-10-11-19(25-22(28)15-20(24)18-8-4-2-5-9-18)14-21(17)26-23(29)16-27-12-6-3-7-13-27/h2,4-5,8-11,14,20H,3,6-7,12-13,15-16,24H2,1H3,(H,25,28)(H,26,29). The normalized spacial score (nSPS) is 15.5. The van der Waals surface area contributed by atoms with Crippen LogP contribution < -0.4 is 16.4 Å².